The summed E-state index contributed by atoms with van der Waals surface area (Å²) in [6.07, 6.45) is 0.853. The molecule has 2 bridgehead atoms. The summed E-state index contributed by atoms with van der Waals surface area (Å²) in [5, 5.41) is 24.8. The number of hydrogen-bond acceptors (Lipinski definition) is 9. The number of ether oxygens (including phenoxy) is 2. The Balaban J connectivity index is 1.48. The highest BCUT2D eigenvalue weighted by Gasteiger charge is 2.44. The summed E-state index contributed by atoms with van der Waals surface area (Å²) in [6.45, 7) is 2.30. The van der Waals surface area contributed by atoms with Crippen molar-refractivity contribution < 1.29 is 43.3 Å². The van der Waals surface area contributed by atoms with Crippen molar-refractivity contribution in [3.8, 4) is 5.75 Å². The van der Waals surface area contributed by atoms with E-state index >= 15 is 0 Å². The molecule has 3 aliphatic heterocycles. The second-order valence-corrected chi connectivity index (χ2v) is 13.1. The molecule has 0 unspecified atom stereocenters. The number of para-hydroxylation sites is 1. The van der Waals surface area contributed by atoms with E-state index < -0.39 is 78.4 Å². The van der Waals surface area contributed by atoms with Crippen LogP contribution in [-0.4, -0.2) is 120 Å². The molecule has 6 rings (SSSR count). The van der Waals surface area contributed by atoms with Crippen molar-refractivity contribution in [1.29, 1.82) is 0 Å². The highest BCUT2D eigenvalue weighted by Crippen LogP contribution is 2.24. The number of aromatic amines is 1. The number of benzene rings is 2. The average molecular weight is 720 g/mol. The fourth-order valence-electron chi connectivity index (χ4n) is 6.40. The number of rotatable bonds is 6. The summed E-state index contributed by atoms with van der Waals surface area (Å²) in [5.74, 6) is -3.31. The molecule has 16 heteroatoms. The molecule has 0 saturated carbocycles. The van der Waals surface area contributed by atoms with E-state index in [1.807, 2.05) is 24.3 Å². The van der Waals surface area contributed by atoms with Crippen molar-refractivity contribution >= 4 is 46.3 Å². The molecule has 3 aromatic rings. The molecule has 0 radical (unpaired) electrons. The quantitative estimate of drug-likeness (QED) is 0.156. The number of carbonyl (C=O) groups is 6. The van der Waals surface area contributed by atoms with Crippen LogP contribution in [0.5, 0.6) is 5.75 Å². The molecule has 1 fully saturated rings. The number of aromatic nitrogens is 1. The second-order valence-electron chi connectivity index (χ2n) is 13.1. The largest absolute Gasteiger partial charge is 0.484 e. The molecule has 0 aliphatic carbocycles. The molecule has 16 nitrogen and oxygen atoms in total. The van der Waals surface area contributed by atoms with Gasteiger partial charge in [0.15, 0.2) is 6.61 Å². The first-order valence-electron chi connectivity index (χ1n) is 17.1. The number of fused-ring (bicyclic) bond motifs is 17. The number of amides is 6. The normalized spacial score (nSPS) is 24.3. The van der Waals surface area contributed by atoms with Crippen LogP contribution in [0.1, 0.15) is 31.4 Å². The Morgan fingerprint density at radius 2 is 1.77 bits per heavy atom. The minimum atomic E-state index is -1.49. The highest BCUT2D eigenvalue weighted by molar-refractivity contribution is 5.97. The van der Waals surface area contributed by atoms with E-state index in [1.54, 1.807) is 30.5 Å². The molecule has 1 aromatic heterocycles. The van der Waals surface area contributed by atoms with Gasteiger partial charge in [-0.25, -0.2) is 0 Å². The summed E-state index contributed by atoms with van der Waals surface area (Å²) < 4.78 is 10.7. The van der Waals surface area contributed by atoms with E-state index in [2.05, 4.69) is 31.6 Å². The van der Waals surface area contributed by atoms with E-state index in [9.17, 15) is 33.9 Å². The Morgan fingerprint density at radius 3 is 2.50 bits per heavy atom. The molecule has 6 atom stereocenters. The SMILES string of the molecule is COCC(=O)N[C@H]1C[C@H]2C(=O)N[C@@H]([C@@H](C)O)C(=O)N[C@@H](C)C(=O)NCCc3ccc(cc3)OCC(=O)N[C@H](Cc3c[nH]c4ccccc34)C(=O)N2C1. The van der Waals surface area contributed by atoms with Gasteiger partial charge in [0.25, 0.3) is 5.91 Å². The van der Waals surface area contributed by atoms with Gasteiger partial charge in [-0.1, -0.05) is 30.3 Å². The van der Waals surface area contributed by atoms with Crippen molar-refractivity contribution in [2.24, 2.45) is 0 Å². The lowest BCUT2D eigenvalue weighted by atomic mass is 10.0. The maximum atomic E-state index is 14.5. The van der Waals surface area contributed by atoms with Crippen molar-refractivity contribution in [3.05, 3.63) is 65.9 Å². The molecule has 52 heavy (non-hydrogen) atoms. The van der Waals surface area contributed by atoms with Gasteiger partial charge in [-0.3, -0.25) is 28.8 Å². The number of aliphatic hydroxyl groups excluding tert-OH is 1. The maximum absolute atomic E-state index is 14.5. The van der Waals surface area contributed by atoms with E-state index in [1.165, 1.54) is 25.9 Å². The van der Waals surface area contributed by atoms with Gasteiger partial charge in [0.05, 0.1) is 6.10 Å². The maximum Gasteiger partial charge on any atom is 0.258 e. The first kappa shape index (κ1) is 37.8. The van der Waals surface area contributed by atoms with Crippen LogP contribution >= 0.6 is 0 Å². The monoisotopic (exact) mass is 719 g/mol. The zero-order valence-corrected chi connectivity index (χ0v) is 29.3. The predicted octanol–water partition coefficient (Wildman–Crippen LogP) is -0.951. The summed E-state index contributed by atoms with van der Waals surface area (Å²) >= 11 is 0. The zero-order valence-electron chi connectivity index (χ0n) is 29.3. The van der Waals surface area contributed by atoms with Crippen LogP contribution in [0.15, 0.2) is 54.7 Å². The Hall–Kier alpha value is -5.48. The Kier molecular flexibility index (Phi) is 12.5. The Bertz CT molecular complexity index is 1780. The zero-order chi connectivity index (χ0) is 37.4. The number of carbonyl (C=O) groups excluding carboxylic acids is 6. The number of aliphatic hydroxyl groups is 1. The van der Waals surface area contributed by atoms with Crippen LogP contribution in [0.2, 0.25) is 0 Å². The summed E-state index contributed by atoms with van der Waals surface area (Å²) in [4.78, 5) is 84.8. The number of methoxy groups -OCH3 is 1. The van der Waals surface area contributed by atoms with Gasteiger partial charge in [0.2, 0.25) is 29.5 Å². The number of nitrogens with zero attached hydrogens (tertiary/aromatic N) is 1. The molecular formula is C36H45N7O9. The molecule has 2 aromatic carbocycles. The van der Waals surface area contributed by atoms with E-state index in [-0.39, 0.29) is 32.5 Å². The van der Waals surface area contributed by atoms with Gasteiger partial charge in [-0.2, -0.15) is 0 Å². The molecule has 7 N–H and O–H groups in total. The van der Waals surface area contributed by atoms with Crippen LogP contribution in [0, 0.1) is 0 Å². The van der Waals surface area contributed by atoms with E-state index in [4.69, 9.17) is 9.47 Å². The lowest BCUT2D eigenvalue weighted by molar-refractivity contribution is -0.143. The van der Waals surface area contributed by atoms with E-state index in [0.717, 1.165) is 22.0 Å². The van der Waals surface area contributed by atoms with Crippen LogP contribution in [-0.2, 0) is 46.3 Å². The van der Waals surface area contributed by atoms with Crippen molar-refractivity contribution in [3.63, 3.8) is 0 Å². The lowest BCUT2D eigenvalue weighted by Crippen LogP contribution is -2.60. The molecular weight excluding hydrogens is 674 g/mol. The number of H-pyrrole nitrogens is 1. The van der Waals surface area contributed by atoms with Gasteiger partial charge in [-0.05, 0) is 56.0 Å². The van der Waals surface area contributed by atoms with Crippen LogP contribution in [0.4, 0.5) is 0 Å². The van der Waals surface area contributed by atoms with Gasteiger partial charge in [0, 0.05) is 49.8 Å². The van der Waals surface area contributed by atoms with Crippen LogP contribution < -0.4 is 31.3 Å². The first-order valence-corrected chi connectivity index (χ1v) is 17.1. The topological polar surface area (TPSA) is 220 Å². The van der Waals surface area contributed by atoms with Crippen molar-refractivity contribution in [2.45, 2.75) is 69.4 Å². The van der Waals surface area contributed by atoms with Crippen molar-refractivity contribution in [2.75, 3.05) is 33.4 Å². The molecule has 1 saturated heterocycles. The fraction of sp³-hybridized carbons (Fsp3) is 0.444. The fourth-order valence-corrected chi connectivity index (χ4v) is 6.40. The summed E-state index contributed by atoms with van der Waals surface area (Å²) in [7, 11) is 1.36. The van der Waals surface area contributed by atoms with Gasteiger partial charge in [0.1, 0.15) is 36.5 Å². The number of nitrogens with one attached hydrogen (secondary N) is 6. The van der Waals surface area contributed by atoms with Gasteiger partial charge in [-0.15, -0.1) is 0 Å². The van der Waals surface area contributed by atoms with E-state index in [0.29, 0.717) is 12.2 Å². The average Bonchev–Trinajstić information content (AvgIpc) is 3.73. The second kappa shape index (κ2) is 17.2. The van der Waals surface area contributed by atoms with Crippen molar-refractivity contribution in [1.82, 2.24) is 36.5 Å². The standard InChI is InChI=1S/C36H45N7O9/c1-20-33(47)37-13-12-22-8-10-25(11-9-22)52-19-31(46)41-28(14-23-16-38-27-7-5-4-6-26(23)27)36(50)43-17-24(40-30(45)18-51-3)15-29(43)34(48)42-32(21(2)44)35(49)39-20/h4-11,16,20-21,24,28-29,32,38,44H,12-15,17-19H2,1-3H3,(H,37,47)(H,39,49)(H,40,45)(H,41,46)(H,42,48)/t20-,21+,24-,28+,29-,32-/m0/s1. The molecule has 6 amide bonds. The lowest BCUT2D eigenvalue weighted by Gasteiger charge is -2.30. The summed E-state index contributed by atoms with van der Waals surface area (Å²) in [6, 6.07) is 8.89. The van der Waals surface area contributed by atoms with Crippen LogP contribution in [0.25, 0.3) is 10.9 Å². The van der Waals surface area contributed by atoms with Crippen LogP contribution in [0.3, 0.4) is 0 Å². The smallest absolute Gasteiger partial charge is 0.258 e. The third-order valence-electron chi connectivity index (χ3n) is 9.08. The molecule has 4 heterocycles. The Labute approximate surface area is 300 Å². The minimum Gasteiger partial charge on any atom is -0.484 e. The molecule has 278 valence electrons. The van der Waals surface area contributed by atoms with Gasteiger partial charge < -0.3 is 51.0 Å². The Morgan fingerprint density at radius 1 is 1.02 bits per heavy atom. The van der Waals surface area contributed by atoms with Gasteiger partial charge >= 0.3 is 0 Å². The third-order valence-corrected chi connectivity index (χ3v) is 9.08. The predicted molar refractivity (Wildman–Crippen MR) is 188 cm³/mol. The molecule has 3 aliphatic rings. The molecule has 0 spiro atoms. The minimum absolute atomic E-state index is 0.0349. The summed E-state index contributed by atoms with van der Waals surface area (Å²) in [5.41, 5.74) is 2.45. The number of hydrogen-bond donors (Lipinski definition) is 7. The first-order chi connectivity index (χ1) is 24.9. The third kappa shape index (κ3) is 9.44. The highest BCUT2D eigenvalue weighted by atomic mass is 16.5.